The molecule has 0 radical (unpaired) electrons. The molecule has 1 aromatic carbocycles. The molecular weight excluding hydrogens is 232 g/mol. The summed E-state index contributed by atoms with van der Waals surface area (Å²) in [5.74, 6) is 0.603. The van der Waals surface area contributed by atoms with Gasteiger partial charge in [-0.3, -0.25) is 0 Å². The molecule has 2 nitrogen and oxygen atoms in total. The highest BCUT2D eigenvalue weighted by Crippen LogP contribution is 2.29. The van der Waals surface area contributed by atoms with Crippen LogP contribution in [-0.4, -0.2) is 9.55 Å². The first-order valence-electron chi connectivity index (χ1n) is 5.84. The van der Waals surface area contributed by atoms with Crippen LogP contribution in [-0.2, 0) is 13.5 Å². The summed E-state index contributed by atoms with van der Waals surface area (Å²) >= 11 is 6.23. The summed E-state index contributed by atoms with van der Waals surface area (Å²) in [6.07, 6.45) is 2.87. The molecule has 0 atom stereocenters. The van der Waals surface area contributed by atoms with Crippen molar-refractivity contribution in [3.05, 3.63) is 41.3 Å². The third-order valence-corrected chi connectivity index (χ3v) is 3.12. The molecule has 0 aliphatic heterocycles. The molecule has 0 spiro atoms. The first-order valence-corrected chi connectivity index (χ1v) is 6.22. The van der Waals surface area contributed by atoms with Crippen molar-refractivity contribution in [1.82, 2.24) is 9.55 Å². The van der Waals surface area contributed by atoms with Crippen LogP contribution in [0.15, 0.2) is 30.6 Å². The lowest BCUT2D eigenvalue weighted by atomic mass is 10.0. The Labute approximate surface area is 107 Å². The Hall–Kier alpha value is -1.28. The largest absolute Gasteiger partial charge is 0.337 e. The molecule has 1 aromatic heterocycles. The minimum Gasteiger partial charge on any atom is -0.337 e. The van der Waals surface area contributed by atoms with Gasteiger partial charge in [0, 0.05) is 18.3 Å². The van der Waals surface area contributed by atoms with E-state index < -0.39 is 0 Å². The molecule has 0 bridgehead atoms. The van der Waals surface area contributed by atoms with Gasteiger partial charge in [0.2, 0.25) is 0 Å². The van der Waals surface area contributed by atoms with Gasteiger partial charge in [-0.05, 0) is 18.4 Å². The van der Waals surface area contributed by atoms with E-state index in [-0.39, 0.29) is 0 Å². The molecule has 3 heteroatoms. The molecule has 0 N–H and O–H groups in total. The van der Waals surface area contributed by atoms with Gasteiger partial charge < -0.3 is 4.57 Å². The lowest BCUT2D eigenvalue weighted by molar-refractivity contribution is 0.617. The smallest absolute Gasteiger partial charge is 0.0953 e. The SMILES string of the molecule is CC(C)Cc1c(-c2ccccc2Cl)ncn1C. The van der Waals surface area contributed by atoms with E-state index in [0.717, 1.165) is 22.7 Å². The third-order valence-electron chi connectivity index (χ3n) is 2.79. The van der Waals surface area contributed by atoms with Crippen molar-refractivity contribution < 1.29 is 0 Å². The molecule has 1 heterocycles. The standard InChI is InChI=1S/C14H17ClN2/c1-10(2)8-13-14(16-9-17(13)3)11-6-4-5-7-12(11)15/h4-7,9-10H,8H2,1-3H3. The maximum Gasteiger partial charge on any atom is 0.0953 e. The van der Waals surface area contributed by atoms with Crippen molar-refractivity contribution in [1.29, 1.82) is 0 Å². The van der Waals surface area contributed by atoms with Crippen LogP contribution in [0, 0.1) is 5.92 Å². The summed E-state index contributed by atoms with van der Waals surface area (Å²) in [4.78, 5) is 4.48. The van der Waals surface area contributed by atoms with Crippen molar-refractivity contribution in [2.24, 2.45) is 13.0 Å². The fourth-order valence-electron chi connectivity index (χ4n) is 1.96. The van der Waals surface area contributed by atoms with Crippen LogP contribution in [0.3, 0.4) is 0 Å². The van der Waals surface area contributed by atoms with Crippen LogP contribution in [0.25, 0.3) is 11.3 Å². The van der Waals surface area contributed by atoms with Gasteiger partial charge in [0.25, 0.3) is 0 Å². The zero-order valence-corrected chi connectivity index (χ0v) is 11.2. The van der Waals surface area contributed by atoms with Crippen molar-refractivity contribution in [3.63, 3.8) is 0 Å². The molecule has 0 saturated carbocycles. The number of imidazole rings is 1. The van der Waals surface area contributed by atoms with Crippen LogP contribution in [0.5, 0.6) is 0 Å². The van der Waals surface area contributed by atoms with E-state index in [9.17, 15) is 0 Å². The maximum absolute atomic E-state index is 6.23. The number of nitrogens with zero attached hydrogens (tertiary/aromatic N) is 2. The minimum absolute atomic E-state index is 0.603. The molecule has 0 saturated heterocycles. The van der Waals surface area contributed by atoms with Gasteiger partial charge in [-0.1, -0.05) is 43.6 Å². The fourth-order valence-corrected chi connectivity index (χ4v) is 2.19. The second-order valence-corrected chi connectivity index (χ2v) is 5.14. The summed E-state index contributed by atoms with van der Waals surface area (Å²) < 4.78 is 2.08. The molecule has 0 unspecified atom stereocenters. The molecule has 0 amide bonds. The highest BCUT2D eigenvalue weighted by Gasteiger charge is 2.14. The van der Waals surface area contributed by atoms with Crippen LogP contribution in [0.4, 0.5) is 0 Å². The monoisotopic (exact) mass is 248 g/mol. The molecule has 2 aromatic rings. The number of aromatic nitrogens is 2. The van der Waals surface area contributed by atoms with Crippen LogP contribution in [0.1, 0.15) is 19.5 Å². The Bertz CT molecular complexity index is 515. The van der Waals surface area contributed by atoms with Crippen LogP contribution < -0.4 is 0 Å². The Morgan fingerprint density at radius 1 is 1.29 bits per heavy atom. The molecule has 0 aliphatic rings. The third kappa shape index (κ3) is 2.52. The highest BCUT2D eigenvalue weighted by atomic mass is 35.5. The van der Waals surface area contributed by atoms with Gasteiger partial charge in [-0.2, -0.15) is 0 Å². The van der Waals surface area contributed by atoms with Gasteiger partial charge in [0.15, 0.2) is 0 Å². The first-order chi connectivity index (χ1) is 8.09. The highest BCUT2D eigenvalue weighted by molar-refractivity contribution is 6.33. The summed E-state index contributed by atoms with van der Waals surface area (Å²) in [6.45, 7) is 4.42. The van der Waals surface area contributed by atoms with E-state index in [1.807, 2.05) is 37.6 Å². The second-order valence-electron chi connectivity index (χ2n) is 4.73. The van der Waals surface area contributed by atoms with Crippen molar-refractivity contribution in [2.75, 3.05) is 0 Å². The van der Waals surface area contributed by atoms with E-state index in [0.29, 0.717) is 5.92 Å². The molecular formula is C14H17ClN2. The lowest BCUT2D eigenvalue weighted by Gasteiger charge is -2.09. The summed E-state index contributed by atoms with van der Waals surface area (Å²) in [5.41, 5.74) is 3.27. The molecule has 0 aliphatic carbocycles. The topological polar surface area (TPSA) is 17.8 Å². The van der Waals surface area contributed by atoms with Gasteiger partial charge in [0.05, 0.1) is 17.0 Å². The van der Waals surface area contributed by atoms with E-state index in [2.05, 4.69) is 23.4 Å². The number of halogens is 1. The number of benzene rings is 1. The first kappa shape index (κ1) is 12.2. The predicted molar refractivity (Wildman–Crippen MR) is 72.2 cm³/mol. The molecule has 17 heavy (non-hydrogen) atoms. The number of hydrogen-bond acceptors (Lipinski definition) is 1. The van der Waals surface area contributed by atoms with E-state index in [1.165, 1.54) is 5.69 Å². The maximum atomic E-state index is 6.23. The van der Waals surface area contributed by atoms with E-state index in [4.69, 9.17) is 11.6 Å². The summed E-state index contributed by atoms with van der Waals surface area (Å²) in [7, 11) is 2.03. The normalized spacial score (nSPS) is 11.1. The Morgan fingerprint density at radius 3 is 2.65 bits per heavy atom. The molecule has 2 rings (SSSR count). The Kier molecular flexibility index (Phi) is 3.53. The lowest BCUT2D eigenvalue weighted by Crippen LogP contribution is -2.02. The molecule has 90 valence electrons. The van der Waals surface area contributed by atoms with Crippen molar-refractivity contribution in [2.45, 2.75) is 20.3 Å². The van der Waals surface area contributed by atoms with Crippen molar-refractivity contribution >= 4 is 11.6 Å². The van der Waals surface area contributed by atoms with Gasteiger partial charge in [-0.15, -0.1) is 0 Å². The Balaban J connectivity index is 2.49. The molecule has 0 fully saturated rings. The van der Waals surface area contributed by atoms with E-state index in [1.54, 1.807) is 0 Å². The summed E-state index contributed by atoms with van der Waals surface area (Å²) in [5, 5.41) is 0.760. The second kappa shape index (κ2) is 4.92. The number of rotatable bonds is 3. The zero-order chi connectivity index (χ0) is 12.4. The predicted octanol–water partition coefficient (Wildman–Crippen LogP) is 3.94. The average Bonchev–Trinajstić information content (AvgIpc) is 2.61. The fraction of sp³-hybridized carbons (Fsp3) is 0.357. The average molecular weight is 249 g/mol. The number of hydrogen-bond donors (Lipinski definition) is 0. The minimum atomic E-state index is 0.603. The summed E-state index contributed by atoms with van der Waals surface area (Å²) in [6, 6.07) is 7.87. The van der Waals surface area contributed by atoms with Gasteiger partial charge >= 0.3 is 0 Å². The quantitative estimate of drug-likeness (QED) is 0.805. The van der Waals surface area contributed by atoms with Crippen LogP contribution >= 0.6 is 11.6 Å². The van der Waals surface area contributed by atoms with Gasteiger partial charge in [-0.25, -0.2) is 4.98 Å². The van der Waals surface area contributed by atoms with Crippen molar-refractivity contribution in [3.8, 4) is 11.3 Å². The number of aryl methyl sites for hydroxylation is 1. The Morgan fingerprint density at radius 2 is 2.00 bits per heavy atom. The van der Waals surface area contributed by atoms with E-state index >= 15 is 0 Å². The zero-order valence-electron chi connectivity index (χ0n) is 10.4. The van der Waals surface area contributed by atoms with Crippen LogP contribution in [0.2, 0.25) is 5.02 Å². The van der Waals surface area contributed by atoms with Gasteiger partial charge in [0.1, 0.15) is 0 Å².